The highest BCUT2D eigenvalue weighted by Gasteiger charge is 2.13. The van der Waals surface area contributed by atoms with Crippen molar-refractivity contribution in [3.63, 3.8) is 0 Å². The van der Waals surface area contributed by atoms with Gasteiger partial charge < -0.3 is 15.5 Å². The molecule has 2 aromatic heterocycles. The minimum atomic E-state index is -0.234. The van der Waals surface area contributed by atoms with Gasteiger partial charge in [0.1, 0.15) is 24.0 Å². The van der Waals surface area contributed by atoms with E-state index in [0.29, 0.717) is 18.8 Å². The van der Waals surface area contributed by atoms with Gasteiger partial charge in [0.2, 0.25) is 5.91 Å². The van der Waals surface area contributed by atoms with Crippen LogP contribution in [0.25, 0.3) is 0 Å². The summed E-state index contributed by atoms with van der Waals surface area (Å²) in [7, 11) is 0. The number of aromatic nitrogens is 4. The number of hydrogen-bond donors (Lipinski definition) is 2. The second kappa shape index (κ2) is 9.29. The molecule has 28 heavy (non-hydrogen) atoms. The van der Waals surface area contributed by atoms with Gasteiger partial charge in [0.15, 0.2) is 0 Å². The van der Waals surface area contributed by atoms with E-state index in [1.54, 1.807) is 6.92 Å². The first-order valence-corrected chi connectivity index (χ1v) is 9.65. The fraction of sp³-hybridized carbons (Fsp3) is 0.526. The van der Waals surface area contributed by atoms with E-state index in [0.717, 1.165) is 30.5 Å². The molecular formula is C19H27N7O2. The van der Waals surface area contributed by atoms with Crippen LogP contribution in [0.5, 0.6) is 0 Å². The summed E-state index contributed by atoms with van der Waals surface area (Å²) >= 11 is 0. The van der Waals surface area contributed by atoms with Crippen molar-refractivity contribution in [3.8, 4) is 0 Å². The first-order chi connectivity index (χ1) is 13.5. The molecule has 0 unspecified atom stereocenters. The fourth-order valence-corrected chi connectivity index (χ4v) is 3.17. The van der Waals surface area contributed by atoms with E-state index in [-0.39, 0.29) is 18.0 Å². The molecule has 2 N–H and O–H groups in total. The zero-order chi connectivity index (χ0) is 19.9. The third-order valence-electron chi connectivity index (χ3n) is 4.59. The second-order valence-corrected chi connectivity index (χ2v) is 6.98. The van der Waals surface area contributed by atoms with Gasteiger partial charge in [0, 0.05) is 44.0 Å². The average molecular weight is 385 g/mol. The van der Waals surface area contributed by atoms with Gasteiger partial charge in [-0.1, -0.05) is 0 Å². The van der Waals surface area contributed by atoms with Gasteiger partial charge in [-0.3, -0.25) is 14.2 Å². The van der Waals surface area contributed by atoms with Crippen LogP contribution in [0.1, 0.15) is 30.8 Å². The summed E-state index contributed by atoms with van der Waals surface area (Å²) in [4.78, 5) is 39.1. The maximum Gasteiger partial charge on any atom is 0.253 e. The van der Waals surface area contributed by atoms with Crippen LogP contribution >= 0.6 is 0 Å². The molecular weight excluding hydrogens is 358 g/mol. The van der Waals surface area contributed by atoms with Crippen molar-refractivity contribution < 1.29 is 4.79 Å². The van der Waals surface area contributed by atoms with Crippen molar-refractivity contribution in [2.24, 2.45) is 0 Å². The predicted molar refractivity (Wildman–Crippen MR) is 108 cm³/mol. The normalized spacial score (nSPS) is 14.0. The Balaban J connectivity index is 1.47. The van der Waals surface area contributed by atoms with Crippen LogP contribution in [0.15, 0.2) is 23.3 Å². The number of hydrogen-bond acceptors (Lipinski definition) is 7. The standard InChI is InChI=1S/C19H27N7O2/c1-14-10-19(28)26(13-22-14)12-18(27)21-7-6-20-16-11-17(24-15(2)23-16)25-8-4-3-5-9-25/h10-11,13H,3-9,12H2,1-2H3,(H,21,27)(H,20,23,24). The molecule has 9 nitrogen and oxygen atoms in total. The summed E-state index contributed by atoms with van der Waals surface area (Å²) in [5, 5.41) is 6.02. The monoisotopic (exact) mass is 385 g/mol. The lowest BCUT2D eigenvalue weighted by Gasteiger charge is -2.28. The zero-order valence-corrected chi connectivity index (χ0v) is 16.4. The van der Waals surface area contributed by atoms with Crippen molar-refractivity contribution in [2.75, 3.05) is 36.4 Å². The second-order valence-electron chi connectivity index (χ2n) is 6.98. The molecule has 0 atom stereocenters. The van der Waals surface area contributed by atoms with Crippen molar-refractivity contribution >= 4 is 17.5 Å². The molecule has 2 aromatic rings. The number of nitrogens with zero attached hydrogens (tertiary/aromatic N) is 5. The Morgan fingerprint density at radius 2 is 1.89 bits per heavy atom. The number of piperidine rings is 1. The number of carbonyl (C=O) groups excluding carboxylic acids is 1. The smallest absolute Gasteiger partial charge is 0.253 e. The molecule has 0 aliphatic carbocycles. The van der Waals surface area contributed by atoms with Crippen LogP contribution in [0.2, 0.25) is 0 Å². The summed E-state index contributed by atoms with van der Waals surface area (Å²) < 4.78 is 1.29. The van der Waals surface area contributed by atoms with Gasteiger partial charge in [0.25, 0.3) is 5.56 Å². The van der Waals surface area contributed by atoms with Crippen LogP contribution in [-0.4, -0.2) is 51.6 Å². The topological polar surface area (TPSA) is 105 Å². The van der Waals surface area contributed by atoms with Gasteiger partial charge in [0.05, 0.1) is 6.33 Å². The van der Waals surface area contributed by atoms with Crippen LogP contribution in [0.4, 0.5) is 11.6 Å². The minimum absolute atomic E-state index is 0.0438. The zero-order valence-electron chi connectivity index (χ0n) is 16.4. The number of amides is 1. The quantitative estimate of drug-likeness (QED) is 0.681. The molecule has 0 aromatic carbocycles. The highest BCUT2D eigenvalue weighted by atomic mass is 16.2. The highest BCUT2D eigenvalue weighted by Crippen LogP contribution is 2.20. The molecule has 0 saturated carbocycles. The number of aryl methyl sites for hydroxylation is 2. The summed E-state index contributed by atoms with van der Waals surface area (Å²) in [6, 6.07) is 3.36. The van der Waals surface area contributed by atoms with E-state index >= 15 is 0 Å². The van der Waals surface area contributed by atoms with Crippen molar-refractivity contribution in [3.05, 3.63) is 40.3 Å². The number of nitrogens with one attached hydrogen (secondary N) is 2. The lowest BCUT2D eigenvalue weighted by atomic mass is 10.1. The van der Waals surface area contributed by atoms with E-state index < -0.39 is 0 Å². The molecule has 0 radical (unpaired) electrons. The third kappa shape index (κ3) is 5.51. The summed E-state index contributed by atoms with van der Waals surface area (Å²) in [5.74, 6) is 2.19. The molecule has 3 rings (SSSR count). The largest absolute Gasteiger partial charge is 0.368 e. The Hall–Kier alpha value is -2.97. The maximum atomic E-state index is 12.0. The summed E-state index contributed by atoms with van der Waals surface area (Å²) in [6.07, 6.45) is 5.05. The lowest BCUT2D eigenvalue weighted by molar-refractivity contribution is -0.121. The van der Waals surface area contributed by atoms with Crippen LogP contribution < -0.4 is 21.1 Å². The molecule has 1 saturated heterocycles. The van der Waals surface area contributed by atoms with E-state index in [2.05, 4.69) is 30.5 Å². The minimum Gasteiger partial charge on any atom is -0.368 e. The predicted octanol–water partition coefficient (Wildman–Crippen LogP) is 0.869. The summed E-state index contributed by atoms with van der Waals surface area (Å²) in [6.45, 7) is 6.59. The van der Waals surface area contributed by atoms with Gasteiger partial charge in [-0.15, -0.1) is 0 Å². The van der Waals surface area contributed by atoms with E-state index in [1.165, 1.54) is 36.2 Å². The summed E-state index contributed by atoms with van der Waals surface area (Å²) in [5.41, 5.74) is 0.400. The first-order valence-electron chi connectivity index (χ1n) is 9.65. The van der Waals surface area contributed by atoms with Gasteiger partial charge in [-0.25, -0.2) is 15.0 Å². The fourth-order valence-electron chi connectivity index (χ4n) is 3.17. The Kier molecular flexibility index (Phi) is 6.57. The van der Waals surface area contributed by atoms with Crippen LogP contribution in [0, 0.1) is 13.8 Å². The van der Waals surface area contributed by atoms with Crippen molar-refractivity contribution in [2.45, 2.75) is 39.7 Å². The molecule has 1 aliphatic rings. The lowest BCUT2D eigenvalue weighted by Crippen LogP contribution is -2.35. The maximum absolute atomic E-state index is 12.0. The van der Waals surface area contributed by atoms with Gasteiger partial charge >= 0.3 is 0 Å². The van der Waals surface area contributed by atoms with Gasteiger partial charge in [-0.05, 0) is 33.1 Å². The molecule has 1 amide bonds. The first kappa shape index (κ1) is 19.8. The Morgan fingerprint density at radius 3 is 2.64 bits per heavy atom. The average Bonchev–Trinajstić information content (AvgIpc) is 2.68. The van der Waals surface area contributed by atoms with Crippen molar-refractivity contribution in [1.82, 2.24) is 24.8 Å². The van der Waals surface area contributed by atoms with E-state index in [9.17, 15) is 9.59 Å². The molecule has 1 aliphatic heterocycles. The third-order valence-corrected chi connectivity index (χ3v) is 4.59. The molecule has 0 spiro atoms. The Bertz CT molecular complexity index is 875. The van der Waals surface area contributed by atoms with E-state index in [1.807, 2.05) is 13.0 Å². The molecule has 0 bridgehead atoms. The van der Waals surface area contributed by atoms with Gasteiger partial charge in [-0.2, -0.15) is 0 Å². The molecule has 1 fully saturated rings. The van der Waals surface area contributed by atoms with E-state index in [4.69, 9.17) is 0 Å². The SMILES string of the molecule is Cc1cc(=O)n(CC(=O)NCCNc2cc(N3CCCCC3)nc(C)n2)cn1. The number of anilines is 2. The van der Waals surface area contributed by atoms with Crippen LogP contribution in [-0.2, 0) is 11.3 Å². The number of carbonyl (C=O) groups is 1. The van der Waals surface area contributed by atoms with Crippen LogP contribution in [0.3, 0.4) is 0 Å². The molecule has 3 heterocycles. The Morgan fingerprint density at radius 1 is 1.11 bits per heavy atom. The number of rotatable bonds is 7. The molecule has 9 heteroatoms. The van der Waals surface area contributed by atoms with Crippen molar-refractivity contribution in [1.29, 1.82) is 0 Å². The molecule has 150 valence electrons. The Labute approximate surface area is 164 Å². The highest BCUT2D eigenvalue weighted by molar-refractivity contribution is 5.75.